The summed E-state index contributed by atoms with van der Waals surface area (Å²) < 4.78 is 1.16. The molecule has 0 atom stereocenters. The predicted octanol–water partition coefficient (Wildman–Crippen LogP) is 7.75. The SMILES string of the molecule is Ic1cccc(-c2nc(-c3ccccc3)cc(-c3cccc(-c4ccccc4)c3)n2)c1. The van der Waals surface area contributed by atoms with Gasteiger partial charge in [0, 0.05) is 20.3 Å². The fraction of sp³-hybridized carbons (Fsp3) is 0. The van der Waals surface area contributed by atoms with Gasteiger partial charge in [-0.15, -0.1) is 0 Å². The maximum atomic E-state index is 4.96. The highest BCUT2D eigenvalue weighted by molar-refractivity contribution is 14.1. The molecular formula is C28H19IN2. The first-order valence-electron chi connectivity index (χ1n) is 10.1. The summed E-state index contributed by atoms with van der Waals surface area (Å²) in [5.74, 6) is 0.736. The second-order valence-corrected chi connectivity index (χ2v) is 8.53. The Labute approximate surface area is 195 Å². The summed E-state index contributed by atoms with van der Waals surface area (Å²) in [4.78, 5) is 9.87. The Balaban J connectivity index is 1.67. The molecular weight excluding hydrogens is 491 g/mol. The Bertz CT molecular complexity index is 1330. The van der Waals surface area contributed by atoms with Gasteiger partial charge in [0.15, 0.2) is 5.82 Å². The number of nitrogens with zero attached hydrogens (tertiary/aromatic N) is 2. The lowest BCUT2D eigenvalue weighted by molar-refractivity contribution is 1.18. The summed E-state index contributed by atoms with van der Waals surface area (Å²) in [6.45, 7) is 0. The van der Waals surface area contributed by atoms with Crippen LogP contribution in [-0.2, 0) is 0 Å². The molecule has 0 amide bonds. The molecule has 2 nitrogen and oxygen atoms in total. The third-order valence-electron chi connectivity index (χ3n) is 5.14. The molecule has 5 rings (SSSR count). The van der Waals surface area contributed by atoms with Gasteiger partial charge in [-0.1, -0.05) is 91.0 Å². The molecule has 0 spiro atoms. The zero-order chi connectivity index (χ0) is 21.0. The van der Waals surface area contributed by atoms with E-state index in [9.17, 15) is 0 Å². The predicted molar refractivity (Wildman–Crippen MR) is 136 cm³/mol. The minimum atomic E-state index is 0.736. The van der Waals surface area contributed by atoms with Crippen molar-refractivity contribution in [3.05, 3.63) is 119 Å². The van der Waals surface area contributed by atoms with Gasteiger partial charge in [-0.3, -0.25) is 0 Å². The van der Waals surface area contributed by atoms with Gasteiger partial charge in [0.05, 0.1) is 11.4 Å². The number of halogens is 1. The fourth-order valence-corrected chi connectivity index (χ4v) is 4.14. The number of benzene rings is 4. The maximum Gasteiger partial charge on any atom is 0.160 e. The van der Waals surface area contributed by atoms with Crippen molar-refractivity contribution >= 4 is 22.6 Å². The molecule has 4 aromatic carbocycles. The van der Waals surface area contributed by atoms with Gasteiger partial charge < -0.3 is 0 Å². The highest BCUT2D eigenvalue weighted by Crippen LogP contribution is 2.30. The van der Waals surface area contributed by atoms with Crippen LogP contribution in [-0.4, -0.2) is 9.97 Å². The number of rotatable bonds is 4. The third kappa shape index (κ3) is 4.42. The molecule has 148 valence electrons. The summed E-state index contributed by atoms with van der Waals surface area (Å²) in [5, 5.41) is 0. The van der Waals surface area contributed by atoms with Gasteiger partial charge in [-0.05, 0) is 58.0 Å². The van der Waals surface area contributed by atoms with E-state index in [1.807, 2.05) is 30.3 Å². The van der Waals surface area contributed by atoms with E-state index < -0.39 is 0 Å². The van der Waals surface area contributed by atoms with Gasteiger partial charge in [-0.25, -0.2) is 9.97 Å². The Morgan fingerprint density at radius 1 is 0.419 bits per heavy atom. The molecule has 5 aromatic rings. The normalized spacial score (nSPS) is 10.7. The zero-order valence-corrected chi connectivity index (χ0v) is 18.9. The molecule has 0 aliphatic carbocycles. The van der Waals surface area contributed by atoms with Crippen molar-refractivity contribution in [1.82, 2.24) is 9.97 Å². The Morgan fingerprint density at radius 3 is 1.68 bits per heavy atom. The van der Waals surface area contributed by atoms with Crippen LogP contribution in [0.3, 0.4) is 0 Å². The van der Waals surface area contributed by atoms with E-state index in [4.69, 9.17) is 9.97 Å². The van der Waals surface area contributed by atoms with Crippen molar-refractivity contribution in [2.24, 2.45) is 0 Å². The maximum absolute atomic E-state index is 4.96. The molecule has 0 aliphatic rings. The molecule has 0 saturated carbocycles. The lowest BCUT2D eigenvalue weighted by Crippen LogP contribution is -1.96. The van der Waals surface area contributed by atoms with Crippen molar-refractivity contribution in [3.8, 4) is 45.0 Å². The first-order chi connectivity index (χ1) is 15.3. The quantitative estimate of drug-likeness (QED) is 0.231. The molecule has 0 unspecified atom stereocenters. The molecule has 3 heteroatoms. The van der Waals surface area contributed by atoms with Crippen LogP contribution in [0, 0.1) is 3.57 Å². The van der Waals surface area contributed by atoms with E-state index in [1.54, 1.807) is 0 Å². The molecule has 0 fully saturated rings. The Morgan fingerprint density at radius 2 is 0.968 bits per heavy atom. The van der Waals surface area contributed by atoms with Crippen LogP contribution in [0.25, 0.3) is 45.0 Å². The molecule has 31 heavy (non-hydrogen) atoms. The van der Waals surface area contributed by atoms with E-state index in [-0.39, 0.29) is 0 Å². The molecule has 0 radical (unpaired) electrons. The van der Waals surface area contributed by atoms with Gasteiger partial charge >= 0.3 is 0 Å². The first-order valence-corrected chi connectivity index (χ1v) is 11.2. The fourth-order valence-electron chi connectivity index (χ4n) is 3.60. The molecule has 0 bridgehead atoms. The lowest BCUT2D eigenvalue weighted by atomic mass is 10.0. The molecule has 0 aliphatic heterocycles. The standard InChI is InChI=1S/C28H19IN2/c29-25-16-8-15-24(18-25)28-30-26(21-11-5-2-6-12-21)19-27(31-28)23-14-7-13-22(17-23)20-9-3-1-4-10-20/h1-19H. The minimum Gasteiger partial charge on any atom is -0.228 e. The molecule has 0 N–H and O–H groups in total. The Hall–Kier alpha value is -3.31. The lowest BCUT2D eigenvalue weighted by Gasteiger charge is -2.11. The van der Waals surface area contributed by atoms with Gasteiger partial charge in [0.1, 0.15) is 0 Å². The van der Waals surface area contributed by atoms with E-state index in [2.05, 4.69) is 108 Å². The van der Waals surface area contributed by atoms with Crippen LogP contribution < -0.4 is 0 Å². The van der Waals surface area contributed by atoms with Gasteiger partial charge in [0.2, 0.25) is 0 Å². The second-order valence-electron chi connectivity index (χ2n) is 7.29. The van der Waals surface area contributed by atoms with Crippen LogP contribution in [0.4, 0.5) is 0 Å². The van der Waals surface area contributed by atoms with Crippen molar-refractivity contribution in [1.29, 1.82) is 0 Å². The second kappa shape index (κ2) is 8.82. The molecule has 1 heterocycles. The third-order valence-corrected chi connectivity index (χ3v) is 5.81. The average Bonchev–Trinajstić information content (AvgIpc) is 2.85. The first kappa shape index (κ1) is 19.6. The van der Waals surface area contributed by atoms with E-state index in [1.165, 1.54) is 11.1 Å². The number of hydrogen-bond acceptors (Lipinski definition) is 2. The number of hydrogen-bond donors (Lipinski definition) is 0. The Kier molecular flexibility index (Phi) is 5.59. The summed E-state index contributed by atoms with van der Waals surface area (Å²) in [6.07, 6.45) is 0. The van der Waals surface area contributed by atoms with E-state index >= 15 is 0 Å². The van der Waals surface area contributed by atoms with Crippen LogP contribution in [0.15, 0.2) is 115 Å². The van der Waals surface area contributed by atoms with Crippen LogP contribution in [0.2, 0.25) is 0 Å². The highest BCUT2D eigenvalue weighted by Gasteiger charge is 2.11. The van der Waals surface area contributed by atoms with Gasteiger partial charge in [0.25, 0.3) is 0 Å². The zero-order valence-electron chi connectivity index (χ0n) is 16.7. The average molecular weight is 510 g/mol. The summed E-state index contributed by atoms with van der Waals surface area (Å²) in [5.41, 5.74) is 7.38. The summed E-state index contributed by atoms with van der Waals surface area (Å²) in [6, 6.07) is 39.6. The van der Waals surface area contributed by atoms with Crippen molar-refractivity contribution < 1.29 is 0 Å². The van der Waals surface area contributed by atoms with E-state index in [0.717, 1.165) is 37.5 Å². The summed E-state index contributed by atoms with van der Waals surface area (Å²) >= 11 is 2.33. The summed E-state index contributed by atoms with van der Waals surface area (Å²) in [7, 11) is 0. The van der Waals surface area contributed by atoms with Crippen LogP contribution in [0.1, 0.15) is 0 Å². The monoisotopic (exact) mass is 510 g/mol. The highest BCUT2D eigenvalue weighted by atomic mass is 127. The van der Waals surface area contributed by atoms with Gasteiger partial charge in [-0.2, -0.15) is 0 Å². The topological polar surface area (TPSA) is 25.8 Å². The molecule has 0 saturated heterocycles. The van der Waals surface area contributed by atoms with Crippen LogP contribution in [0.5, 0.6) is 0 Å². The van der Waals surface area contributed by atoms with Crippen molar-refractivity contribution in [2.75, 3.05) is 0 Å². The smallest absolute Gasteiger partial charge is 0.160 e. The molecule has 1 aromatic heterocycles. The minimum absolute atomic E-state index is 0.736. The van der Waals surface area contributed by atoms with E-state index in [0.29, 0.717) is 0 Å². The largest absolute Gasteiger partial charge is 0.228 e. The van der Waals surface area contributed by atoms with Crippen molar-refractivity contribution in [3.63, 3.8) is 0 Å². The number of aromatic nitrogens is 2. The van der Waals surface area contributed by atoms with Crippen LogP contribution >= 0.6 is 22.6 Å². The van der Waals surface area contributed by atoms with Crippen molar-refractivity contribution in [2.45, 2.75) is 0 Å².